The number of halogens is 1. The Morgan fingerprint density at radius 2 is 1.61 bits per heavy atom. The van der Waals surface area contributed by atoms with Crippen LogP contribution in [-0.4, -0.2) is 61.6 Å². The molecule has 0 unspecified atom stereocenters. The minimum atomic E-state index is -0.880. The molecule has 196 valence electrons. The molecule has 5 rings (SSSR count). The summed E-state index contributed by atoms with van der Waals surface area (Å²) < 4.78 is 10.8. The van der Waals surface area contributed by atoms with Crippen molar-refractivity contribution in [2.75, 3.05) is 43.1 Å². The van der Waals surface area contributed by atoms with Gasteiger partial charge in [-0.2, -0.15) is 0 Å². The van der Waals surface area contributed by atoms with Crippen LogP contribution in [0.15, 0.2) is 72.8 Å². The van der Waals surface area contributed by atoms with Crippen LogP contribution in [0.2, 0.25) is 5.02 Å². The monoisotopic (exact) mass is 533 g/mol. The fourth-order valence-electron chi connectivity index (χ4n) is 4.74. The van der Waals surface area contributed by atoms with E-state index in [0.29, 0.717) is 29.5 Å². The van der Waals surface area contributed by atoms with E-state index in [1.54, 1.807) is 24.3 Å². The Kier molecular flexibility index (Phi) is 7.91. The molecule has 0 aliphatic carbocycles. The molecule has 0 bridgehead atoms. The van der Waals surface area contributed by atoms with Crippen LogP contribution in [0.25, 0.3) is 0 Å². The summed E-state index contributed by atoms with van der Waals surface area (Å²) in [5, 5.41) is 3.06. The zero-order valence-electron chi connectivity index (χ0n) is 20.8. The number of amides is 2. The zero-order chi connectivity index (χ0) is 26.5. The molecule has 8 nitrogen and oxygen atoms in total. The number of rotatable bonds is 6. The highest BCUT2D eigenvalue weighted by molar-refractivity contribution is 6.33. The second-order valence-electron chi connectivity index (χ2n) is 9.20. The third-order valence-electron chi connectivity index (χ3n) is 6.76. The van der Waals surface area contributed by atoms with Crippen LogP contribution in [-0.2, 0) is 32.0 Å². The van der Waals surface area contributed by atoms with E-state index in [1.165, 1.54) is 4.90 Å². The average molecular weight is 534 g/mol. The highest BCUT2D eigenvalue weighted by atomic mass is 35.5. The number of hydrogen-bond acceptors (Lipinski definition) is 6. The van der Waals surface area contributed by atoms with Gasteiger partial charge in [0.1, 0.15) is 6.04 Å². The topological polar surface area (TPSA) is 88.2 Å². The van der Waals surface area contributed by atoms with Gasteiger partial charge in [-0.05, 0) is 47.5 Å². The summed E-state index contributed by atoms with van der Waals surface area (Å²) in [7, 11) is 0. The molecule has 0 aromatic heterocycles. The van der Waals surface area contributed by atoms with Gasteiger partial charge in [0.15, 0.2) is 6.61 Å². The lowest BCUT2D eigenvalue weighted by Gasteiger charge is -2.35. The highest BCUT2D eigenvalue weighted by Gasteiger charge is 2.36. The summed E-state index contributed by atoms with van der Waals surface area (Å²) in [6.45, 7) is 2.81. The number of ether oxygens (including phenoxy) is 2. The van der Waals surface area contributed by atoms with Gasteiger partial charge in [-0.15, -0.1) is 0 Å². The summed E-state index contributed by atoms with van der Waals surface area (Å²) in [5.41, 5.74) is 3.88. The molecule has 3 aromatic rings. The molecule has 2 amide bonds. The molecule has 9 heteroatoms. The molecule has 1 saturated heterocycles. The molecule has 0 saturated carbocycles. The predicted molar refractivity (Wildman–Crippen MR) is 144 cm³/mol. The van der Waals surface area contributed by atoms with Crippen LogP contribution in [0.1, 0.15) is 21.5 Å². The fourth-order valence-corrected chi connectivity index (χ4v) is 4.96. The standard InChI is InChI=1S/C29H28ClN3O5/c30-25-8-4-3-7-24(25)28(35)33-18-21-6-2-1-5-20(21)17-26(33)29(36)38-19-27(34)31-22-9-11-23(12-10-22)32-13-15-37-16-14-32/h1-12,26H,13-19H2,(H,31,34)/t26-/m1/s1. The smallest absolute Gasteiger partial charge is 0.329 e. The van der Waals surface area contributed by atoms with E-state index in [9.17, 15) is 14.4 Å². The van der Waals surface area contributed by atoms with Crippen molar-refractivity contribution in [2.24, 2.45) is 0 Å². The van der Waals surface area contributed by atoms with Crippen molar-refractivity contribution in [1.29, 1.82) is 0 Å². The number of anilines is 2. The van der Waals surface area contributed by atoms with Crippen LogP contribution in [0.4, 0.5) is 11.4 Å². The van der Waals surface area contributed by atoms with E-state index >= 15 is 0 Å². The largest absolute Gasteiger partial charge is 0.454 e. The second kappa shape index (κ2) is 11.7. The van der Waals surface area contributed by atoms with E-state index in [1.807, 2.05) is 48.5 Å². The lowest BCUT2D eigenvalue weighted by Crippen LogP contribution is -2.49. The van der Waals surface area contributed by atoms with E-state index in [4.69, 9.17) is 21.1 Å². The first-order valence-electron chi connectivity index (χ1n) is 12.5. The first-order chi connectivity index (χ1) is 18.5. The third kappa shape index (κ3) is 5.82. The summed E-state index contributed by atoms with van der Waals surface area (Å²) in [6, 6.07) is 21.0. The number of hydrogen-bond donors (Lipinski definition) is 1. The van der Waals surface area contributed by atoms with Gasteiger partial charge in [0.05, 0.1) is 23.8 Å². The number of nitrogens with zero attached hydrogens (tertiary/aromatic N) is 2. The van der Waals surface area contributed by atoms with Crippen molar-refractivity contribution in [3.63, 3.8) is 0 Å². The highest BCUT2D eigenvalue weighted by Crippen LogP contribution is 2.28. The number of nitrogens with one attached hydrogen (secondary N) is 1. The Hall–Kier alpha value is -3.88. The Labute approximate surface area is 226 Å². The van der Waals surface area contributed by atoms with E-state index in [2.05, 4.69) is 10.2 Å². The maximum absolute atomic E-state index is 13.4. The summed E-state index contributed by atoms with van der Waals surface area (Å²) in [4.78, 5) is 42.8. The Bertz CT molecular complexity index is 1320. The van der Waals surface area contributed by atoms with Crippen LogP contribution < -0.4 is 10.2 Å². The lowest BCUT2D eigenvalue weighted by molar-refractivity contribution is -0.152. The van der Waals surface area contributed by atoms with E-state index in [0.717, 1.165) is 29.9 Å². The normalized spacial score (nSPS) is 16.9. The van der Waals surface area contributed by atoms with Gasteiger partial charge in [-0.3, -0.25) is 9.59 Å². The summed E-state index contributed by atoms with van der Waals surface area (Å²) in [6.07, 6.45) is 0.288. The van der Waals surface area contributed by atoms with Crippen LogP contribution in [0.3, 0.4) is 0 Å². The van der Waals surface area contributed by atoms with Crippen LogP contribution in [0.5, 0.6) is 0 Å². The van der Waals surface area contributed by atoms with Crippen molar-refractivity contribution in [3.05, 3.63) is 94.5 Å². The van der Waals surface area contributed by atoms with Crippen molar-refractivity contribution >= 4 is 40.8 Å². The number of esters is 1. The molecular formula is C29H28ClN3O5. The number of carbonyl (C=O) groups excluding carboxylic acids is 3. The molecule has 2 heterocycles. The van der Waals surface area contributed by atoms with Crippen LogP contribution in [0, 0.1) is 0 Å². The molecule has 1 fully saturated rings. The van der Waals surface area contributed by atoms with Gasteiger partial charge in [-0.1, -0.05) is 48.0 Å². The fraction of sp³-hybridized carbons (Fsp3) is 0.276. The Morgan fingerprint density at radius 3 is 2.34 bits per heavy atom. The molecule has 0 radical (unpaired) electrons. The zero-order valence-corrected chi connectivity index (χ0v) is 21.5. The van der Waals surface area contributed by atoms with Gasteiger partial charge in [0, 0.05) is 37.4 Å². The molecular weight excluding hydrogens is 506 g/mol. The summed E-state index contributed by atoms with van der Waals surface area (Å²) >= 11 is 6.27. The minimum absolute atomic E-state index is 0.238. The van der Waals surface area contributed by atoms with E-state index < -0.39 is 24.5 Å². The molecule has 0 spiro atoms. The van der Waals surface area contributed by atoms with Gasteiger partial charge in [0.2, 0.25) is 0 Å². The SMILES string of the molecule is O=C(COC(=O)[C@H]1Cc2ccccc2CN1C(=O)c1ccccc1Cl)Nc1ccc(N2CCOCC2)cc1. The first-order valence-corrected chi connectivity index (χ1v) is 12.9. The van der Waals surface area contributed by atoms with Crippen molar-refractivity contribution in [3.8, 4) is 0 Å². The summed E-state index contributed by atoms with van der Waals surface area (Å²) in [5.74, 6) is -1.47. The predicted octanol–water partition coefficient (Wildman–Crippen LogP) is 3.93. The Balaban J connectivity index is 1.23. The molecule has 3 aromatic carbocycles. The molecule has 1 N–H and O–H groups in total. The molecule has 1 atom stereocenters. The van der Waals surface area contributed by atoms with Crippen LogP contribution >= 0.6 is 11.6 Å². The lowest BCUT2D eigenvalue weighted by atomic mass is 9.93. The maximum atomic E-state index is 13.4. The first kappa shape index (κ1) is 25.8. The van der Waals surface area contributed by atoms with Gasteiger partial charge >= 0.3 is 5.97 Å². The van der Waals surface area contributed by atoms with E-state index in [-0.39, 0.29) is 18.9 Å². The number of carbonyl (C=O) groups is 3. The minimum Gasteiger partial charge on any atom is -0.454 e. The number of fused-ring (bicyclic) bond motifs is 1. The molecule has 38 heavy (non-hydrogen) atoms. The number of benzene rings is 3. The van der Waals surface area contributed by atoms with Gasteiger partial charge in [0.25, 0.3) is 11.8 Å². The van der Waals surface area contributed by atoms with Crippen molar-refractivity contribution < 1.29 is 23.9 Å². The van der Waals surface area contributed by atoms with Gasteiger partial charge in [-0.25, -0.2) is 4.79 Å². The molecule has 2 aliphatic rings. The second-order valence-corrected chi connectivity index (χ2v) is 9.61. The van der Waals surface area contributed by atoms with Crippen molar-refractivity contribution in [1.82, 2.24) is 4.90 Å². The third-order valence-corrected chi connectivity index (χ3v) is 7.09. The quantitative estimate of drug-likeness (QED) is 0.483. The van der Waals surface area contributed by atoms with Crippen molar-refractivity contribution in [2.45, 2.75) is 19.0 Å². The molecule has 2 aliphatic heterocycles. The Morgan fingerprint density at radius 1 is 0.921 bits per heavy atom. The maximum Gasteiger partial charge on any atom is 0.329 e. The average Bonchev–Trinajstić information content (AvgIpc) is 2.96. The van der Waals surface area contributed by atoms with Gasteiger partial charge < -0.3 is 24.6 Å². The number of morpholine rings is 1.